The van der Waals surface area contributed by atoms with Crippen LogP contribution in [0.3, 0.4) is 0 Å². The number of hydrogen-bond acceptors (Lipinski definition) is 3. The fourth-order valence-electron chi connectivity index (χ4n) is 2.48. The molecular weight excluding hydrogens is 326 g/mol. The van der Waals surface area contributed by atoms with Crippen molar-refractivity contribution >= 4 is 23.2 Å². The maximum Gasteiger partial charge on any atom is 0.226 e. The van der Waals surface area contributed by atoms with Crippen molar-refractivity contribution in [3.05, 3.63) is 53.1 Å². The standard InChI is InChI=1S/C19H22ClNO3/c1-4-19(22)21(15-8-9-18(24-3)17(20)13-15)11-10-14-6-5-7-16(12-14)23-2/h5-9,12-13H,4,10-11H2,1-3H3. The van der Waals surface area contributed by atoms with Crippen LogP contribution in [0.4, 0.5) is 5.69 Å². The van der Waals surface area contributed by atoms with Crippen molar-refractivity contribution in [3.8, 4) is 11.5 Å². The Hall–Kier alpha value is -2.20. The number of ether oxygens (including phenoxy) is 2. The lowest BCUT2D eigenvalue weighted by molar-refractivity contribution is -0.118. The second-order valence-corrected chi connectivity index (χ2v) is 5.73. The summed E-state index contributed by atoms with van der Waals surface area (Å²) in [6, 6.07) is 13.3. The van der Waals surface area contributed by atoms with E-state index < -0.39 is 0 Å². The van der Waals surface area contributed by atoms with Crippen molar-refractivity contribution < 1.29 is 14.3 Å². The lowest BCUT2D eigenvalue weighted by atomic mass is 10.1. The molecule has 0 radical (unpaired) electrons. The Bertz CT molecular complexity index is 703. The van der Waals surface area contributed by atoms with Gasteiger partial charge in [-0.3, -0.25) is 4.79 Å². The third-order valence-electron chi connectivity index (χ3n) is 3.81. The molecule has 0 aliphatic heterocycles. The van der Waals surface area contributed by atoms with Gasteiger partial charge in [0.05, 0.1) is 19.2 Å². The zero-order chi connectivity index (χ0) is 17.5. The minimum absolute atomic E-state index is 0.0547. The van der Waals surface area contributed by atoms with Crippen LogP contribution in [-0.4, -0.2) is 26.7 Å². The molecule has 0 aliphatic rings. The average Bonchev–Trinajstić information content (AvgIpc) is 2.62. The van der Waals surface area contributed by atoms with Crippen molar-refractivity contribution in [1.29, 1.82) is 0 Å². The molecule has 0 atom stereocenters. The lowest BCUT2D eigenvalue weighted by Gasteiger charge is -2.23. The molecule has 24 heavy (non-hydrogen) atoms. The van der Waals surface area contributed by atoms with Crippen LogP contribution in [0, 0.1) is 0 Å². The summed E-state index contributed by atoms with van der Waals surface area (Å²) >= 11 is 6.20. The summed E-state index contributed by atoms with van der Waals surface area (Å²) in [5, 5.41) is 0.491. The van der Waals surface area contributed by atoms with E-state index in [9.17, 15) is 4.79 Å². The highest BCUT2D eigenvalue weighted by Gasteiger charge is 2.15. The van der Waals surface area contributed by atoms with E-state index in [2.05, 4.69) is 0 Å². The molecular formula is C19H22ClNO3. The molecule has 0 unspecified atom stereocenters. The first kappa shape index (κ1) is 18.1. The van der Waals surface area contributed by atoms with Gasteiger partial charge in [-0.05, 0) is 42.3 Å². The molecule has 128 valence electrons. The molecule has 5 heteroatoms. The molecule has 4 nitrogen and oxygen atoms in total. The fraction of sp³-hybridized carbons (Fsp3) is 0.316. The number of carbonyl (C=O) groups excluding carboxylic acids is 1. The Morgan fingerprint density at radius 1 is 1.12 bits per heavy atom. The number of anilines is 1. The minimum atomic E-state index is 0.0547. The summed E-state index contributed by atoms with van der Waals surface area (Å²) in [4.78, 5) is 14.1. The number of nitrogens with zero attached hydrogens (tertiary/aromatic N) is 1. The molecule has 0 spiro atoms. The molecule has 0 N–H and O–H groups in total. The Labute approximate surface area is 147 Å². The number of methoxy groups -OCH3 is 2. The Balaban J connectivity index is 2.19. The van der Waals surface area contributed by atoms with Crippen LogP contribution in [0.15, 0.2) is 42.5 Å². The second-order valence-electron chi connectivity index (χ2n) is 5.32. The predicted molar refractivity (Wildman–Crippen MR) is 97.3 cm³/mol. The second kappa shape index (κ2) is 8.60. The first-order chi connectivity index (χ1) is 11.6. The quantitative estimate of drug-likeness (QED) is 0.747. The number of halogens is 1. The summed E-state index contributed by atoms with van der Waals surface area (Å²) in [7, 11) is 3.21. The summed E-state index contributed by atoms with van der Waals surface area (Å²) in [6.45, 7) is 2.43. The first-order valence-electron chi connectivity index (χ1n) is 7.85. The Kier molecular flexibility index (Phi) is 6.50. The zero-order valence-electron chi connectivity index (χ0n) is 14.2. The van der Waals surface area contributed by atoms with Crippen molar-refractivity contribution in [2.45, 2.75) is 19.8 Å². The molecule has 2 aromatic carbocycles. The maximum atomic E-state index is 12.3. The van der Waals surface area contributed by atoms with Crippen LogP contribution in [-0.2, 0) is 11.2 Å². The predicted octanol–water partition coefficient (Wildman–Crippen LogP) is 4.34. The van der Waals surface area contributed by atoms with Gasteiger partial charge in [0.25, 0.3) is 0 Å². The van der Waals surface area contributed by atoms with Gasteiger partial charge in [0.1, 0.15) is 11.5 Å². The van der Waals surface area contributed by atoms with E-state index in [4.69, 9.17) is 21.1 Å². The number of rotatable bonds is 7. The number of carbonyl (C=O) groups is 1. The van der Waals surface area contributed by atoms with E-state index >= 15 is 0 Å². The van der Waals surface area contributed by atoms with Gasteiger partial charge in [-0.25, -0.2) is 0 Å². The van der Waals surface area contributed by atoms with E-state index in [1.807, 2.05) is 37.3 Å². The number of amides is 1. The van der Waals surface area contributed by atoms with E-state index in [0.29, 0.717) is 23.7 Å². The number of benzene rings is 2. The lowest BCUT2D eigenvalue weighted by Crippen LogP contribution is -2.32. The summed E-state index contributed by atoms with van der Waals surface area (Å²) in [6.07, 6.45) is 1.16. The monoisotopic (exact) mass is 347 g/mol. The van der Waals surface area contributed by atoms with Crippen molar-refractivity contribution in [1.82, 2.24) is 0 Å². The third-order valence-corrected chi connectivity index (χ3v) is 4.10. The highest BCUT2D eigenvalue weighted by molar-refractivity contribution is 6.32. The summed E-state index contributed by atoms with van der Waals surface area (Å²) in [5.41, 5.74) is 1.89. The topological polar surface area (TPSA) is 38.8 Å². The molecule has 0 aromatic heterocycles. The molecule has 2 aromatic rings. The van der Waals surface area contributed by atoms with Gasteiger partial charge in [0.2, 0.25) is 5.91 Å². The van der Waals surface area contributed by atoms with Gasteiger partial charge in [0, 0.05) is 18.7 Å². The average molecular weight is 348 g/mol. The molecule has 0 saturated heterocycles. The molecule has 0 aliphatic carbocycles. The van der Waals surface area contributed by atoms with Crippen molar-refractivity contribution in [3.63, 3.8) is 0 Å². The fourth-order valence-corrected chi connectivity index (χ4v) is 2.73. The minimum Gasteiger partial charge on any atom is -0.497 e. The van der Waals surface area contributed by atoms with Crippen LogP contribution < -0.4 is 14.4 Å². The van der Waals surface area contributed by atoms with Gasteiger partial charge >= 0.3 is 0 Å². The summed E-state index contributed by atoms with van der Waals surface area (Å²) in [5.74, 6) is 1.46. The number of hydrogen-bond donors (Lipinski definition) is 0. The molecule has 2 rings (SSSR count). The first-order valence-corrected chi connectivity index (χ1v) is 8.23. The smallest absolute Gasteiger partial charge is 0.226 e. The molecule has 0 saturated carbocycles. The largest absolute Gasteiger partial charge is 0.497 e. The molecule has 0 fully saturated rings. The summed E-state index contributed by atoms with van der Waals surface area (Å²) < 4.78 is 10.4. The molecule has 0 bridgehead atoms. The van der Waals surface area contributed by atoms with Gasteiger partial charge < -0.3 is 14.4 Å². The van der Waals surface area contributed by atoms with Gasteiger partial charge in [-0.1, -0.05) is 30.7 Å². The van der Waals surface area contributed by atoms with Gasteiger partial charge in [-0.15, -0.1) is 0 Å². The molecule has 0 heterocycles. The van der Waals surface area contributed by atoms with E-state index in [1.54, 1.807) is 31.3 Å². The van der Waals surface area contributed by atoms with Crippen LogP contribution in [0.2, 0.25) is 5.02 Å². The van der Waals surface area contributed by atoms with Crippen LogP contribution in [0.25, 0.3) is 0 Å². The Morgan fingerprint density at radius 3 is 2.54 bits per heavy atom. The van der Waals surface area contributed by atoms with Crippen molar-refractivity contribution in [2.24, 2.45) is 0 Å². The van der Waals surface area contributed by atoms with Crippen LogP contribution >= 0.6 is 11.6 Å². The van der Waals surface area contributed by atoms with Crippen LogP contribution in [0.5, 0.6) is 11.5 Å². The van der Waals surface area contributed by atoms with E-state index in [0.717, 1.165) is 23.4 Å². The highest BCUT2D eigenvalue weighted by atomic mass is 35.5. The van der Waals surface area contributed by atoms with Gasteiger partial charge in [-0.2, -0.15) is 0 Å². The zero-order valence-corrected chi connectivity index (χ0v) is 15.0. The third kappa shape index (κ3) is 4.42. The van der Waals surface area contributed by atoms with Crippen LogP contribution in [0.1, 0.15) is 18.9 Å². The van der Waals surface area contributed by atoms with Crippen molar-refractivity contribution in [2.75, 3.05) is 25.7 Å². The van der Waals surface area contributed by atoms with Gasteiger partial charge in [0.15, 0.2) is 0 Å². The van der Waals surface area contributed by atoms with E-state index in [-0.39, 0.29) is 5.91 Å². The highest BCUT2D eigenvalue weighted by Crippen LogP contribution is 2.29. The SMILES string of the molecule is CCC(=O)N(CCc1cccc(OC)c1)c1ccc(OC)c(Cl)c1. The maximum absolute atomic E-state index is 12.3. The molecule has 1 amide bonds. The van der Waals surface area contributed by atoms with E-state index in [1.165, 1.54) is 0 Å². The Morgan fingerprint density at radius 2 is 1.92 bits per heavy atom. The normalized spacial score (nSPS) is 10.3.